The number of rotatable bonds is 5. The van der Waals surface area contributed by atoms with Crippen LogP contribution in [-0.4, -0.2) is 17.4 Å². The van der Waals surface area contributed by atoms with E-state index < -0.39 is 0 Å². The second-order valence-electron chi connectivity index (χ2n) is 4.09. The number of hydrogen-bond donors (Lipinski definition) is 0. The third kappa shape index (κ3) is 3.02. The van der Waals surface area contributed by atoms with Crippen molar-refractivity contribution in [2.24, 2.45) is 0 Å². The van der Waals surface area contributed by atoms with Crippen LogP contribution in [0.25, 0.3) is 10.8 Å². The van der Waals surface area contributed by atoms with Gasteiger partial charge in [-0.3, -0.25) is 0 Å². The average molecular weight is 245 g/mol. The van der Waals surface area contributed by atoms with Crippen molar-refractivity contribution in [1.29, 1.82) is 0 Å². The minimum atomic E-state index is 1.09. The van der Waals surface area contributed by atoms with Gasteiger partial charge in [-0.1, -0.05) is 50.2 Å². The molecule has 2 aromatic rings. The Morgan fingerprint density at radius 1 is 1.00 bits per heavy atom. The lowest BCUT2D eigenvalue weighted by molar-refractivity contribution is 0.494. The molecule has 0 unspecified atom stereocenters. The van der Waals surface area contributed by atoms with Gasteiger partial charge in [0.1, 0.15) is 0 Å². The summed E-state index contributed by atoms with van der Waals surface area (Å²) in [6.07, 6.45) is 1.20. The van der Waals surface area contributed by atoms with Crippen LogP contribution in [0.5, 0.6) is 0 Å². The highest BCUT2D eigenvalue weighted by molar-refractivity contribution is 7.97. The summed E-state index contributed by atoms with van der Waals surface area (Å²) >= 11 is 1.88. The second-order valence-corrected chi connectivity index (χ2v) is 5.23. The van der Waals surface area contributed by atoms with Crippen LogP contribution >= 0.6 is 11.9 Å². The lowest BCUT2D eigenvalue weighted by Crippen LogP contribution is -2.15. The van der Waals surface area contributed by atoms with E-state index in [0.29, 0.717) is 0 Å². The molecule has 0 spiro atoms. The van der Waals surface area contributed by atoms with Crippen LogP contribution in [0.2, 0.25) is 0 Å². The van der Waals surface area contributed by atoms with Gasteiger partial charge >= 0.3 is 0 Å². The summed E-state index contributed by atoms with van der Waals surface area (Å²) in [4.78, 5) is 1.36. The van der Waals surface area contributed by atoms with Gasteiger partial charge < -0.3 is 0 Å². The van der Waals surface area contributed by atoms with E-state index in [1.54, 1.807) is 0 Å². The van der Waals surface area contributed by atoms with Crippen molar-refractivity contribution in [3.05, 3.63) is 42.5 Å². The Morgan fingerprint density at radius 2 is 1.76 bits per heavy atom. The molecule has 0 N–H and O–H groups in total. The highest BCUT2D eigenvalue weighted by Crippen LogP contribution is 2.30. The molecule has 0 aliphatic carbocycles. The molecule has 90 valence electrons. The number of benzene rings is 2. The molecule has 0 aliphatic rings. The first kappa shape index (κ1) is 12.5. The summed E-state index contributed by atoms with van der Waals surface area (Å²) in [5.41, 5.74) is 0. The highest BCUT2D eigenvalue weighted by Gasteiger charge is 2.06. The molecule has 0 saturated carbocycles. The Hall–Kier alpha value is -0.990. The van der Waals surface area contributed by atoms with E-state index >= 15 is 0 Å². The SMILES string of the molecule is CCCN(CC)Sc1cccc2ccccc12. The average Bonchev–Trinajstić information content (AvgIpc) is 2.38. The summed E-state index contributed by atoms with van der Waals surface area (Å²) in [6, 6.07) is 15.1. The Morgan fingerprint density at radius 3 is 2.53 bits per heavy atom. The Labute approximate surface area is 108 Å². The summed E-state index contributed by atoms with van der Waals surface area (Å²) in [5.74, 6) is 0. The van der Waals surface area contributed by atoms with Crippen LogP contribution in [0, 0.1) is 0 Å². The van der Waals surface area contributed by atoms with Crippen molar-refractivity contribution < 1.29 is 0 Å². The van der Waals surface area contributed by atoms with Gasteiger partial charge in [0.05, 0.1) is 0 Å². The zero-order chi connectivity index (χ0) is 12.1. The standard InChI is InChI=1S/C15H19NS/c1-3-12-16(4-2)17-15-11-7-9-13-8-5-6-10-14(13)15/h5-11H,3-4,12H2,1-2H3. The number of fused-ring (bicyclic) bond motifs is 1. The van der Waals surface area contributed by atoms with Crippen molar-refractivity contribution in [3.63, 3.8) is 0 Å². The predicted octanol–water partition coefficient (Wildman–Crippen LogP) is 4.58. The summed E-state index contributed by atoms with van der Waals surface area (Å²) in [7, 11) is 0. The zero-order valence-electron chi connectivity index (χ0n) is 10.5. The zero-order valence-corrected chi connectivity index (χ0v) is 11.3. The molecule has 0 atom stereocenters. The summed E-state index contributed by atoms with van der Waals surface area (Å²) < 4.78 is 2.42. The largest absolute Gasteiger partial charge is 0.247 e. The molecule has 0 heterocycles. The minimum Gasteiger partial charge on any atom is -0.247 e. The van der Waals surface area contributed by atoms with E-state index in [1.807, 2.05) is 11.9 Å². The van der Waals surface area contributed by atoms with Crippen molar-refractivity contribution in [2.75, 3.05) is 13.1 Å². The van der Waals surface area contributed by atoms with Gasteiger partial charge in [0.15, 0.2) is 0 Å². The molecule has 2 heteroatoms. The van der Waals surface area contributed by atoms with Crippen LogP contribution in [0.4, 0.5) is 0 Å². The first-order chi connectivity index (χ1) is 8.35. The summed E-state index contributed by atoms with van der Waals surface area (Å²) in [6.45, 7) is 6.67. The maximum atomic E-state index is 2.42. The lowest BCUT2D eigenvalue weighted by Gasteiger charge is -2.19. The minimum absolute atomic E-state index is 1.09. The molecular weight excluding hydrogens is 226 g/mol. The topological polar surface area (TPSA) is 3.24 Å². The first-order valence-electron chi connectivity index (χ1n) is 6.25. The fourth-order valence-corrected chi connectivity index (χ4v) is 3.04. The molecular formula is C15H19NS. The van der Waals surface area contributed by atoms with Gasteiger partial charge in [-0.15, -0.1) is 0 Å². The predicted molar refractivity (Wildman–Crippen MR) is 77.3 cm³/mol. The smallest absolute Gasteiger partial charge is 0.0308 e. The molecule has 0 aliphatic heterocycles. The van der Waals surface area contributed by atoms with E-state index in [2.05, 4.69) is 60.6 Å². The maximum absolute atomic E-state index is 2.42. The normalized spacial score (nSPS) is 11.2. The summed E-state index contributed by atoms with van der Waals surface area (Å²) in [5, 5.41) is 2.68. The van der Waals surface area contributed by atoms with Crippen LogP contribution in [0.15, 0.2) is 47.4 Å². The van der Waals surface area contributed by atoms with Gasteiger partial charge in [0.2, 0.25) is 0 Å². The van der Waals surface area contributed by atoms with E-state index in [1.165, 1.54) is 22.1 Å². The fraction of sp³-hybridized carbons (Fsp3) is 0.333. The molecule has 0 saturated heterocycles. The molecule has 0 bridgehead atoms. The molecule has 0 aromatic heterocycles. The second kappa shape index (κ2) is 6.08. The Kier molecular flexibility index (Phi) is 4.46. The van der Waals surface area contributed by atoms with Crippen molar-refractivity contribution >= 4 is 22.7 Å². The van der Waals surface area contributed by atoms with Gasteiger partial charge in [-0.25, -0.2) is 4.31 Å². The van der Waals surface area contributed by atoms with E-state index in [9.17, 15) is 0 Å². The number of hydrogen-bond acceptors (Lipinski definition) is 2. The molecule has 0 fully saturated rings. The van der Waals surface area contributed by atoms with E-state index in [-0.39, 0.29) is 0 Å². The van der Waals surface area contributed by atoms with Gasteiger partial charge in [-0.05, 0) is 35.2 Å². The van der Waals surface area contributed by atoms with Crippen molar-refractivity contribution in [1.82, 2.24) is 4.31 Å². The van der Waals surface area contributed by atoms with Crippen molar-refractivity contribution in [2.45, 2.75) is 25.2 Å². The van der Waals surface area contributed by atoms with E-state index in [4.69, 9.17) is 0 Å². The van der Waals surface area contributed by atoms with Crippen LogP contribution in [-0.2, 0) is 0 Å². The van der Waals surface area contributed by atoms with Gasteiger partial charge in [0.25, 0.3) is 0 Å². The lowest BCUT2D eigenvalue weighted by atomic mass is 10.1. The maximum Gasteiger partial charge on any atom is 0.0308 e. The quantitative estimate of drug-likeness (QED) is 0.709. The van der Waals surface area contributed by atoms with E-state index in [0.717, 1.165) is 13.1 Å². The third-order valence-electron chi connectivity index (χ3n) is 2.80. The first-order valence-corrected chi connectivity index (χ1v) is 7.03. The molecule has 0 amide bonds. The molecule has 2 rings (SSSR count). The van der Waals surface area contributed by atoms with Gasteiger partial charge in [0, 0.05) is 18.0 Å². The van der Waals surface area contributed by atoms with Gasteiger partial charge in [-0.2, -0.15) is 0 Å². The fourth-order valence-electron chi connectivity index (χ4n) is 1.93. The monoisotopic (exact) mass is 245 g/mol. The third-order valence-corrected chi connectivity index (χ3v) is 4.05. The highest BCUT2D eigenvalue weighted by atomic mass is 32.2. The molecule has 1 nitrogen and oxygen atoms in total. The van der Waals surface area contributed by atoms with Crippen LogP contribution < -0.4 is 0 Å². The van der Waals surface area contributed by atoms with Crippen LogP contribution in [0.1, 0.15) is 20.3 Å². The molecule has 2 aromatic carbocycles. The number of nitrogens with zero attached hydrogens (tertiary/aromatic N) is 1. The molecule has 17 heavy (non-hydrogen) atoms. The Balaban J connectivity index is 2.28. The van der Waals surface area contributed by atoms with Crippen molar-refractivity contribution in [3.8, 4) is 0 Å². The van der Waals surface area contributed by atoms with Crippen LogP contribution in [0.3, 0.4) is 0 Å². The Bertz CT molecular complexity index is 476. The molecule has 0 radical (unpaired) electrons.